The van der Waals surface area contributed by atoms with Gasteiger partial charge in [-0.25, -0.2) is 0 Å². The number of methoxy groups -OCH3 is 1. The van der Waals surface area contributed by atoms with Crippen molar-refractivity contribution in [2.24, 2.45) is 0 Å². The highest BCUT2D eigenvalue weighted by molar-refractivity contribution is 6.30. The highest BCUT2D eigenvalue weighted by atomic mass is 35.5. The molecule has 0 saturated heterocycles. The Labute approximate surface area is 98.5 Å². The van der Waals surface area contributed by atoms with E-state index in [1.54, 1.807) is 24.3 Å². The molecule has 4 nitrogen and oxygen atoms in total. The molecule has 86 valence electrons. The lowest BCUT2D eigenvalue weighted by Crippen LogP contribution is -2.29. The van der Waals surface area contributed by atoms with E-state index in [9.17, 15) is 9.59 Å². The maximum atomic E-state index is 11.6. The highest BCUT2D eigenvalue weighted by Crippen LogP contribution is 2.09. The van der Waals surface area contributed by atoms with Crippen molar-refractivity contribution >= 4 is 23.4 Å². The molecular formula is C11H12ClNO3. The second-order valence-electron chi connectivity index (χ2n) is 3.11. The van der Waals surface area contributed by atoms with Crippen LogP contribution >= 0.6 is 11.6 Å². The molecule has 0 heterocycles. The number of ketones is 1. The topological polar surface area (TPSA) is 55.4 Å². The first-order valence-corrected chi connectivity index (χ1v) is 5.07. The Balaban J connectivity index is 2.41. The second-order valence-corrected chi connectivity index (χ2v) is 3.55. The van der Waals surface area contributed by atoms with E-state index in [1.807, 2.05) is 0 Å². The zero-order valence-corrected chi connectivity index (χ0v) is 9.58. The number of halogens is 1. The third-order valence-corrected chi connectivity index (χ3v) is 2.20. The number of hydrogen-bond donors (Lipinski definition) is 1. The SMILES string of the molecule is COC(=O)CNCC(=O)c1ccc(Cl)cc1. The van der Waals surface area contributed by atoms with Crippen LogP contribution in [0.1, 0.15) is 10.4 Å². The smallest absolute Gasteiger partial charge is 0.319 e. The van der Waals surface area contributed by atoms with E-state index >= 15 is 0 Å². The lowest BCUT2D eigenvalue weighted by Gasteiger charge is -2.03. The summed E-state index contributed by atoms with van der Waals surface area (Å²) in [6, 6.07) is 6.58. The minimum atomic E-state index is -0.399. The second kappa shape index (κ2) is 6.25. The van der Waals surface area contributed by atoms with E-state index in [4.69, 9.17) is 11.6 Å². The number of Topliss-reactive ketones (excluding diaryl/α,β-unsaturated/α-hetero) is 1. The molecule has 0 radical (unpaired) electrons. The average molecular weight is 242 g/mol. The van der Waals surface area contributed by atoms with Crippen LogP contribution in [0.2, 0.25) is 5.02 Å². The standard InChI is InChI=1S/C11H12ClNO3/c1-16-11(15)7-13-6-10(14)8-2-4-9(12)5-3-8/h2-5,13H,6-7H2,1H3. The van der Waals surface area contributed by atoms with Gasteiger partial charge in [-0.3, -0.25) is 14.9 Å². The van der Waals surface area contributed by atoms with E-state index in [1.165, 1.54) is 7.11 Å². The van der Waals surface area contributed by atoms with Gasteiger partial charge in [-0.15, -0.1) is 0 Å². The first-order valence-electron chi connectivity index (χ1n) is 4.70. The summed E-state index contributed by atoms with van der Waals surface area (Å²) in [5, 5.41) is 3.27. The van der Waals surface area contributed by atoms with Gasteiger partial charge in [0.2, 0.25) is 0 Å². The van der Waals surface area contributed by atoms with Crippen molar-refractivity contribution in [1.82, 2.24) is 5.32 Å². The number of hydrogen-bond acceptors (Lipinski definition) is 4. The third kappa shape index (κ3) is 4.00. The Morgan fingerprint density at radius 2 is 1.88 bits per heavy atom. The molecule has 5 heteroatoms. The first kappa shape index (κ1) is 12.7. The van der Waals surface area contributed by atoms with E-state index in [0.29, 0.717) is 10.6 Å². The molecule has 1 rings (SSSR count). The van der Waals surface area contributed by atoms with Crippen LogP contribution in [0.4, 0.5) is 0 Å². The van der Waals surface area contributed by atoms with Gasteiger partial charge in [0.15, 0.2) is 5.78 Å². The van der Waals surface area contributed by atoms with E-state index in [-0.39, 0.29) is 18.9 Å². The number of esters is 1. The molecule has 0 aliphatic rings. The third-order valence-electron chi connectivity index (χ3n) is 1.95. The van der Waals surface area contributed by atoms with Crippen molar-refractivity contribution in [2.45, 2.75) is 0 Å². The van der Waals surface area contributed by atoms with Crippen LogP contribution in [0.15, 0.2) is 24.3 Å². The number of carbonyl (C=O) groups is 2. The molecule has 0 aromatic heterocycles. The van der Waals surface area contributed by atoms with Crippen molar-refractivity contribution < 1.29 is 14.3 Å². The van der Waals surface area contributed by atoms with Gasteiger partial charge >= 0.3 is 5.97 Å². The minimum absolute atomic E-state index is 0.0236. The lowest BCUT2D eigenvalue weighted by molar-refractivity contribution is -0.139. The van der Waals surface area contributed by atoms with Gasteiger partial charge in [0.25, 0.3) is 0 Å². The van der Waals surface area contributed by atoms with Crippen molar-refractivity contribution in [3.8, 4) is 0 Å². The summed E-state index contributed by atoms with van der Waals surface area (Å²) in [6.07, 6.45) is 0. The molecule has 0 saturated carbocycles. The summed E-state index contributed by atoms with van der Waals surface area (Å²) in [4.78, 5) is 22.3. The van der Waals surface area contributed by atoms with Gasteiger partial charge in [0, 0.05) is 10.6 Å². The molecule has 0 atom stereocenters. The largest absolute Gasteiger partial charge is 0.468 e. The maximum absolute atomic E-state index is 11.6. The number of benzene rings is 1. The normalized spacial score (nSPS) is 9.88. The summed E-state index contributed by atoms with van der Waals surface area (Å²) < 4.78 is 4.42. The van der Waals surface area contributed by atoms with Gasteiger partial charge in [0.1, 0.15) is 0 Å². The van der Waals surface area contributed by atoms with Crippen LogP contribution in [0, 0.1) is 0 Å². The summed E-state index contributed by atoms with van der Waals surface area (Å²) in [7, 11) is 1.30. The molecule has 0 aliphatic heterocycles. The Morgan fingerprint density at radius 3 is 2.44 bits per heavy atom. The predicted molar refractivity (Wildman–Crippen MR) is 60.7 cm³/mol. The van der Waals surface area contributed by atoms with Crippen molar-refractivity contribution in [3.05, 3.63) is 34.9 Å². The van der Waals surface area contributed by atoms with Crippen molar-refractivity contribution in [2.75, 3.05) is 20.2 Å². The molecule has 0 amide bonds. The van der Waals surface area contributed by atoms with Crippen LogP contribution < -0.4 is 5.32 Å². The van der Waals surface area contributed by atoms with E-state index in [2.05, 4.69) is 10.1 Å². The Bertz CT molecular complexity index is 375. The van der Waals surface area contributed by atoms with Gasteiger partial charge in [-0.05, 0) is 24.3 Å². The molecule has 16 heavy (non-hydrogen) atoms. The van der Waals surface area contributed by atoms with Gasteiger partial charge in [-0.2, -0.15) is 0 Å². The average Bonchev–Trinajstić information content (AvgIpc) is 2.29. The van der Waals surface area contributed by atoms with Gasteiger partial charge in [-0.1, -0.05) is 11.6 Å². The predicted octanol–water partition coefficient (Wildman–Crippen LogP) is 1.29. The Hall–Kier alpha value is -1.39. The van der Waals surface area contributed by atoms with Crippen molar-refractivity contribution in [3.63, 3.8) is 0 Å². The molecule has 0 fully saturated rings. The van der Waals surface area contributed by atoms with Crippen LogP contribution in [-0.2, 0) is 9.53 Å². The first-order chi connectivity index (χ1) is 7.63. The van der Waals surface area contributed by atoms with Crippen molar-refractivity contribution in [1.29, 1.82) is 0 Å². The fourth-order valence-corrected chi connectivity index (χ4v) is 1.21. The van der Waals surface area contributed by atoms with Crippen LogP contribution in [0.25, 0.3) is 0 Å². The summed E-state index contributed by atoms with van der Waals surface area (Å²) in [6.45, 7) is 0.118. The lowest BCUT2D eigenvalue weighted by atomic mass is 10.1. The quantitative estimate of drug-likeness (QED) is 0.623. The number of rotatable bonds is 5. The zero-order chi connectivity index (χ0) is 12.0. The van der Waals surface area contributed by atoms with E-state index in [0.717, 1.165) is 0 Å². The highest BCUT2D eigenvalue weighted by Gasteiger charge is 2.06. The van der Waals surface area contributed by atoms with Gasteiger partial charge < -0.3 is 4.74 Å². The minimum Gasteiger partial charge on any atom is -0.468 e. The number of nitrogens with one attached hydrogen (secondary N) is 1. The molecule has 1 N–H and O–H groups in total. The van der Waals surface area contributed by atoms with Crippen LogP contribution in [0.3, 0.4) is 0 Å². The molecule has 0 spiro atoms. The summed E-state index contributed by atoms with van der Waals surface area (Å²) in [5.41, 5.74) is 0.557. The Kier molecular flexibility index (Phi) is 4.95. The molecular weight excluding hydrogens is 230 g/mol. The fraction of sp³-hybridized carbons (Fsp3) is 0.273. The maximum Gasteiger partial charge on any atom is 0.319 e. The molecule has 0 bridgehead atoms. The summed E-state index contributed by atoms with van der Waals surface area (Å²) in [5.74, 6) is -0.496. The number of ether oxygens (including phenoxy) is 1. The summed E-state index contributed by atoms with van der Waals surface area (Å²) >= 11 is 5.69. The molecule has 0 aliphatic carbocycles. The van der Waals surface area contributed by atoms with Gasteiger partial charge in [0.05, 0.1) is 20.2 Å². The molecule has 0 unspecified atom stereocenters. The molecule has 1 aromatic carbocycles. The van der Waals surface area contributed by atoms with E-state index < -0.39 is 5.97 Å². The fourth-order valence-electron chi connectivity index (χ4n) is 1.09. The van der Waals surface area contributed by atoms with Crippen LogP contribution in [0.5, 0.6) is 0 Å². The monoisotopic (exact) mass is 241 g/mol. The number of carbonyl (C=O) groups excluding carboxylic acids is 2. The zero-order valence-electron chi connectivity index (χ0n) is 8.83. The van der Waals surface area contributed by atoms with Crippen LogP contribution in [-0.4, -0.2) is 32.0 Å². The molecule has 1 aromatic rings. The Morgan fingerprint density at radius 1 is 1.25 bits per heavy atom.